The SMILES string of the molecule is COc1ccc2ccnc(NC(=O)C3CCN(CCc4ccc5c(c4)OCCO5)CC3)c2c1. The highest BCUT2D eigenvalue weighted by atomic mass is 16.6. The Hall–Kier alpha value is -3.32. The molecule has 0 spiro atoms. The normalized spacial score (nSPS) is 16.5. The summed E-state index contributed by atoms with van der Waals surface area (Å²) in [6.07, 6.45) is 4.38. The lowest BCUT2D eigenvalue weighted by Crippen LogP contribution is -2.39. The predicted octanol–water partition coefficient (Wildman–Crippen LogP) is 3.91. The van der Waals surface area contributed by atoms with Crippen molar-refractivity contribution in [2.45, 2.75) is 19.3 Å². The van der Waals surface area contributed by atoms with Gasteiger partial charge in [0.15, 0.2) is 11.5 Å². The van der Waals surface area contributed by atoms with E-state index in [9.17, 15) is 4.79 Å². The number of rotatable bonds is 6. The molecule has 5 rings (SSSR count). The van der Waals surface area contributed by atoms with Gasteiger partial charge in [0.1, 0.15) is 24.8 Å². The van der Waals surface area contributed by atoms with Gasteiger partial charge in [0.2, 0.25) is 5.91 Å². The quantitative estimate of drug-likeness (QED) is 0.618. The Balaban J connectivity index is 1.14. The van der Waals surface area contributed by atoms with E-state index < -0.39 is 0 Å². The highest BCUT2D eigenvalue weighted by molar-refractivity contribution is 6.01. The number of carbonyl (C=O) groups excluding carboxylic acids is 1. The van der Waals surface area contributed by atoms with E-state index in [4.69, 9.17) is 14.2 Å². The van der Waals surface area contributed by atoms with Gasteiger partial charge in [-0.05, 0) is 73.6 Å². The summed E-state index contributed by atoms with van der Waals surface area (Å²) in [6.45, 7) is 4.02. The number of anilines is 1. The van der Waals surface area contributed by atoms with E-state index in [1.54, 1.807) is 13.3 Å². The van der Waals surface area contributed by atoms with E-state index in [1.807, 2.05) is 30.3 Å². The van der Waals surface area contributed by atoms with Crippen molar-refractivity contribution >= 4 is 22.5 Å². The summed E-state index contributed by atoms with van der Waals surface area (Å²) in [6, 6.07) is 13.9. The molecule has 33 heavy (non-hydrogen) atoms. The molecular formula is C26H29N3O4. The van der Waals surface area contributed by atoms with Crippen molar-refractivity contribution in [2.75, 3.05) is 45.3 Å². The molecule has 0 bridgehead atoms. The van der Waals surface area contributed by atoms with Gasteiger partial charge in [-0.15, -0.1) is 0 Å². The fourth-order valence-corrected chi connectivity index (χ4v) is 4.54. The van der Waals surface area contributed by atoms with E-state index in [0.717, 1.165) is 66.9 Å². The number of benzene rings is 2. The van der Waals surface area contributed by atoms with Crippen LogP contribution in [0, 0.1) is 5.92 Å². The molecule has 7 nitrogen and oxygen atoms in total. The van der Waals surface area contributed by atoms with Gasteiger partial charge in [-0.25, -0.2) is 4.98 Å². The third-order valence-corrected chi connectivity index (χ3v) is 6.50. The van der Waals surface area contributed by atoms with Crippen LogP contribution in [0.4, 0.5) is 5.82 Å². The number of fused-ring (bicyclic) bond motifs is 2. The lowest BCUT2D eigenvalue weighted by Gasteiger charge is -2.31. The van der Waals surface area contributed by atoms with E-state index in [0.29, 0.717) is 19.0 Å². The van der Waals surface area contributed by atoms with Gasteiger partial charge < -0.3 is 24.4 Å². The van der Waals surface area contributed by atoms with Crippen LogP contribution in [0.3, 0.4) is 0 Å². The van der Waals surface area contributed by atoms with Gasteiger partial charge in [-0.2, -0.15) is 0 Å². The fourth-order valence-electron chi connectivity index (χ4n) is 4.54. The highest BCUT2D eigenvalue weighted by Gasteiger charge is 2.25. The molecule has 7 heteroatoms. The number of hydrogen-bond donors (Lipinski definition) is 1. The molecule has 0 radical (unpaired) electrons. The van der Waals surface area contributed by atoms with Crippen molar-refractivity contribution < 1.29 is 19.0 Å². The van der Waals surface area contributed by atoms with Crippen LogP contribution in [-0.2, 0) is 11.2 Å². The number of ether oxygens (including phenoxy) is 3. The Kier molecular flexibility index (Phi) is 6.30. The summed E-state index contributed by atoms with van der Waals surface area (Å²) in [4.78, 5) is 19.8. The largest absolute Gasteiger partial charge is 0.497 e. The minimum absolute atomic E-state index is 0.00166. The fraction of sp³-hybridized carbons (Fsp3) is 0.385. The second-order valence-electron chi connectivity index (χ2n) is 8.58. The zero-order valence-electron chi connectivity index (χ0n) is 18.9. The molecule has 0 unspecified atom stereocenters. The number of carbonyl (C=O) groups is 1. The van der Waals surface area contributed by atoms with E-state index in [2.05, 4.69) is 27.3 Å². The lowest BCUT2D eigenvalue weighted by molar-refractivity contribution is -0.121. The standard InChI is InChI=1S/C26H29N3O4/c1-31-21-4-3-19-6-10-27-25(22(19)17-21)28-26(30)20-8-12-29(13-9-20)11-7-18-2-5-23-24(16-18)33-15-14-32-23/h2-6,10,16-17,20H,7-9,11-15H2,1H3,(H,27,28,30). The van der Waals surface area contributed by atoms with Crippen LogP contribution in [0.15, 0.2) is 48.7 Å². The molecule has 1 fully saturated rings. The summed E-state index contributed by atoms with van der Waals surface area (Å²) >= 11 is 0. The van der Waals surface area contributed by atoms with Crippen molar-refractivity contribution in [3.63, 3.8) is 0 Å². The third kappa shape index (κ3) is 4.88. The molecule has 2 aliphatic heterocycles. The van der Waals surface area contributed by atoms with Crippen LogP contribution in [-0.4, -0.2) is 55.7 Å². The molecule has 2 aromatic carbocycles. The smallest absolute Gasteiger partial charge is 0.228 e. The number of nitrogens with zero attached hydrogens (tertiary/aromatic N) is 2. The second-order valence-corrected chi connectivity index (χ2v) is 8.58. The van der Waals surface area contributed by atoms with E-state index in [-0.39, 0.29) is 11.8 Å². The Morgan fingerprint density at radius 1 is 1.09 bits per heavy atom. The minimum Gasteiger partial charge on any atom is -0.497 e. The van der Waals surface area contributed by atoms with Crippen LogP contribution in [0.1, 0.15) is 18.4 Å². The first-order valence-corrected chi connectivity index (χ1v) is 11.5. The Labute approximate surface area is 193 Å². The van der Waals surface area contributed by atoms with Gasteiger partial charge in [0.05, 0.1) is 7.11 Å². The third-order valence-electron chi connectivity index (χ3n) is 6.50. The predicted molar refractivity (Wildman–Crippen MR) is 127 cm³/mol. The maximum absolute atomic E-state index is 13.0. The van der Waals surface area contributed by atoms with Crippen molar-refractivity contribution in [3.05, 3.63) is 54.2 Å². The highest BCUT2D eigenvalue weighted by Crippen LogP contribution is 2.31. The molecule has 0 atom stereocenters. The number of piperidine rings is 1. The average Bonchev–Trinajstić information content (AvgIpc) is 2.87. The maximum Gasteiger partial charge on any atom is 0.228 e. The van der Waals surface area contributed by atoms with Crippen LogP contribution in [0.25, 0.3) is 10.8 Å². The summed E-state index contributed by atoms with van der Waals surface area (Å²) in [5, 5.41) is 4.97. The van der Waals surface area contributed by atoms with E-state index in [1.165, 1.54) is 5.56 Å². The molecule has 0 saturated carbocycles. The summed E-state index contributed by atoms with van der Waals surface area (Å²) in [5.74, 6) is 3.06. The van der Waals surface area contributed by atoms with Crippen molar-refractivity contribution in [1.29, 1.82) is 0 Å². The van der Waals surface area contributed by atoms with Crippen LogP contribution in [0.2, 0.25) is 0 Å². The summed E-state index contributed by atoms with van der Waals surface area (Å²) in [7, 11) is 1.64. The Morgan fingerprint density at radius 2 is 1.91 bits per heavy atom. The summed E-state index contributed by atoms with van der Waals surface area (Å²) in [5.41, 5.74) is 1.25. The van der Waals surface area contributed by atoms with E-state index >= 15 is 0 Å². The number of nitrogens with one attached hydrogen (secondary N) is 1. The number of likely N-dealkylation sites (tertiary alicyclic amines) is 1. The lowest BCUT2D eigenvalue weighted by atomic mass is 9.95. The van der Waals surface area contributed by atoms with Crippen LogP contribution < -0.4 is 19.5 Å². The number of aromatic nitrogens is 1. The number of hydrogen-bond acceptors (Lipinski definition) is 6. The minimum atomic E-state index is -0.00166. The van der Waals surface area contributed by atoms with Crippen molar-refractivity contribution in [3.8, 4) is 17.2 Å². The molecule has 1 aromatic heterocycles. The van der Waals surface area contributed by atoms with Crippen molar-refractivity contribution in [2.24, 2.45) is 5.92 Å². The first-order chi connectivity index (χ1) is 16.2. The van der Waals surface area contributed by atoms with Crippen molar-refractivity contribution in [1.82, 2.24) is 9.88 Å². The molecule has 2 aliphatic rings. The van der Waals surface area contributed by atoms with Gasteiger partial charge in [-0.1, -0.05) is 12.1 Å². The van der Waals surface area contributed by atoms with Crippen LogP contribution >= 0.6 is 0 Å². The Bertz CT molecular complexity index is 1140. The molecule has 3 heterocycles. The molecule has 3 aromatic rings. The second kappa shape index (κ2) is 9.67. The molecule has 1 N–H and O–H groups in total. The van der Waals surface area contributed by atoms with Gasteiger partial charge >= 0.3 is 0 Å². The number of amides is 1. The number of methoxy groups -OCH3 is 1. The van der Waals surface area contributed by atoms with Crippen LogP contribution in [0.5, 0.6) is 17.2 Å². The molecule has 1 amide bonds. The first-order valence-electron chi connectivity index (χ1n) is 11.5. The monoisotopic (exact) mass is 447 g/mol. The Morgan fingerprint density at radius 3 is 2.73 bits per heavy atom. The maximum atomic E-state index is 13.0. The topological polar surface area (TPSA) is 72.9 Å². The zero-order chi connectivity index (χ0) is 22.6. The van der Waals surface area contributed by atoms with Gasteiger partial charge in [0.25, 0.3) is 0 Å². The van der Waals surface area contributed by atoms with Gasteiger partial charge in [0, 0.05) is 24.0 Å². The molecular weight excluding hydrogens is 418 g/mol. The molecule has 172 valence electrons. The zero-order valence-corrected chi connectivity index (χ0v) is 18.9. The molecule has 1 saturated heterocycles. The number of pyridine rings is 1. The first kappa shape index (κ1) is 21.5. The average molecular weight is 448 g/mol. The molecule has 0 aliphatic carbocycles. The summed E-state index contributed by atoms with van der Waals surface area (Å²) < 4.78 is 16.6. The van der Waals surface area contributed by atoms with Gasteiger partial charge in [-0.3, -0.25) is 4.79 Å².